The molecule has 1 fully saturated rings. The number of carbonyl (C=O) groups excluding carboxylic acids is 5. The Bertz CT molecular complexity index is 1580. The van der Waals surface area contributed by atoms with Crippen LogP contribution in [0.15, 0.2) is 102 Å². The summed E-state index contributed by atoms with van der Waals surface area (Å²) in [5.74, 6) is -2.65. The normalized spacial score (nSPS) is 18.3. The largest absolute Gasteiger partial charge is 0.467 e. The molecule has 3 amide bonds. The van der Waals surface area contributed by atoms with Crippen molar-refractivity contribution in [2.45, 2.75) is 52.0 Å². The van der Waals surface area contributed by atoms with Gasteiger partial charge >= 0.3 is 5.97 Å². The smallest absolute Gasteiger partial charge is 0.331 e. The van der Waals surface area contributed by atoms with Gasteiger partial charge in [0.1, 0.15) is 17.8 Å². The molecule has 3 atom stereocenters. The molecule has 0 saturated carbocycles. The molecule has 282 valence electrons. The van der Waals surface area contributed by atoms with Crippen molar-refractivity contribution in [3.63, 3.8) is 0 Å². The summed E-state index contributed by atoms with van der Waals surface area (Å²) in [5, 5.41) is 13.6. The molecular weight excluding hydrogens is 676 g/mol. The highest BCUT2D eigenvalue weighted by Crippen LogP contribution is 2.27. The van der Waals surface area contributed by atoms with Gasteiger partial charge < -0.3 is 33.6 Å². The first-order chi connectivity index (χ1) is 24.7. The number of nitrogens with zero attached hydrogens (tertiary/aromatic N) is 3. The maximum absolute atomic E-state index is 13.5. The van der Waals surface area contributed by atoms with Crippen LogP contribution in [0, 0.1) is 5.41 Å². The van der Waals surface area contributed by atoms with Crippen LogP contribution in [0.1, 0.15) is 33.5 Å². The Hall–Kier alpha value is -5.22. The van der Waals surface area contributed by atoms with Crippen molar-refractivity contribution in [3.05, 3.63) is 103 Å². The second-order valence-corrected chi connectivity index (χ2v) is 11.9. The summed E-state index contributed by atoms with van der Waals surface area (Å²) in [7, 11) is 3.80. The van der Waals surface area contributed by atoms with Gasteiger partial charge in [-0.15, -0.1) is 0 Å². The second-order valence-electron chi connectivity index (χ2n) is 11.9. The number of rotatable bonds is 19. The molecule has 2 rings (SSSR count). The van der Waals surface area contributed by atoms with Gasteiger partial charge in [0.25, 0.3) is 17.5 Å². The number of ether oxygens (including phenoxy) is 4. The Morgan fingerprint density at radius 2 is 1.69 bits per heavy atom. The van der Waals surface area contributed by atoms with E-state index in [4.69, 9.17) is 23.4 Å². The number of hydrogen-bond acceptors (Lipinski definition) is 12. The molecule has 0 bridgehead atoms. The van der Waals surface area contributed by atoms with Crippen molar-refractivity contribution < 1.29 is 52.5 Å². The fourth-order valence-corrected chi connectivity index (χ4v) is 4.72. The zero-order valence-electron chi connectivity index (χ0n) is 30.5. The third-order valence-corrected chi connectivity index (χ3v) is 7.87. The van der Waals surface area contributed by atoms with Gasteiger partial charge in [-0.05, 0) is 33.3 Å². The SMILES string of the molecule is COC(=O)C(C(C)OC)N(C)C(=O)C1(N(O)C(=O)/C=C/C=C/C=C/C=C\CNC(=O)C(C)(C)C(=O)\C(C)=C/C=C\C=C\Cc2cnco2)COCO1. The van der Waals surface area contributed by atoms with E-state index in [-0.39, 0.29) is 24.2 Å². The van der Waals surface area contributed by atoms with Crippen LogP contribution in [-0.4, -0.2) is 109 Å². The number of amides is 3. The Kier molecular flexibility index (Phi) is 17.5. The molecular formula is C37H48N4O11. The van der Waals surface area contributed by atoms with Crippen LogP contribution in [0.25, 0.3) is 0 Å². The van der Waals surface area contributed by atoms with Crippen molar-refractivity contribution in [2.75, 3.05) is 41.2 Å². The van der Waals surface area contributed by atoms with E-state index in [0.29, 0.717) is 12.0 Å². The van der Waals surface area contributed by atoms with Crippen LogP contribution >= 0.6 is 0 Å². The van der Waals surface area contributed by atoms with Crippen molar-refractivity contribution in [2.24, 2.45) is 5.41 Å². The highest BCUT2D eigenvalue weighted by molar-refractivity contribution is 6.12. The van der Waals surface area contributed by atoms with Gasteiger partial charge in [0.2, 0.25) is 5.91 Å². The minimum atomic E-state index is -2.24. The molecule has 1 saturated heterocycles. The number of oxazole rings is 1. The molecule has 52 heavy (non-hydrogen) atoms. The zero-order chi connectivity index (χ0) is 38.7. The number of esters is 1. The summed E-state index contributed by atoms with van der Waals surface area (Å²) in [6.45, 7) is 5.68. The molecule has 0 radical (unpaired) electrons. The topological polar surface area (TPSA) is 187 Å². The molecule has 15 nitrogen and oxygen atoms in total. The van der Waals surface area contributed by atoms with Crippen LogP contribution in [0.3, 0.4) is 0 Å². The lowest BCUT2D eigenvalue weighted by atomic mass is 9.83. The third-order valence-electron chi connectivity index (χ3n) is 7.87. The Morgan fingerprint density at radius 3 is 2.31 bits per heavy atom. The van der Waals surface area contributed by atoms with E-state index in [1.807, 2.05) is 12.2 Å². The van der Waals surface area contributed by atoms with E-state index in [2.05, 4.69) is 10.3 Å². The Morgan fingerprint density at radius 1 is 1.04 bits per heavy atom. The van der Waals surface area contributed by atoms with E-state index in [1.54, 1.807) is 82.5 Å². The Balaban J connectivity index is 1.86. The highest BCUT2D eigenvalue weighted by atomic mass is 16.8. The maximum Gasteiger partial charge on any atom is 0.331 e. The lowest BCUT2D eigenvalue weighted by Gasteiger charge is -2.38. The standard InChI is InChI=1S/C37H48N4O11/c1-27(19-15-12-13-16-20-29-23-38-25-51-29)32(43)36(3,4)34(45)39-22-18-14-10-8-9-11-17-21-30(42)41(47)37(24-50-26-52-37)35(46)40(5)31(28(2)48-6)33(44)49-7/h8-19,21,23,25,28,31,47H,20,22,24,26H2,1-7H3,(H,39,45)/b10-8+,11-9+,15-12-,16-13+,18-14-,21-17+,27-19-. The zero-order valence-corrected chi connectivity index (χ0v) is 30.5. The summed E-state index contributed by atoms with van der Waals surface area (Å²) in [6, 6.07) is -1.20. The quantitative estimate of drug-likeness (QED) is 0.0531. The van der Waals surface area contributed by atoms with Crippen LogP contribution in [0.2, 0.25) is 0 Å². The fourth-order valence-electron chi connectivity index (χ4n) is 4.72. The number of carbonyl (C=O) groups is 5. The number of hydrogen-bond donors (Lipinski definition) is 2. The summed E-state index contributed by atoms with van der Waals surface area (Å²) in [5.41, 5.74) is -3.08. The molecule has 1 aliphatic heterocycles. The number of methoxy groups -OCH3 is 2. The third kappa shape index (κ3) is 11.9. The van der Waals surface area contributed by atoms with E-state index in [0.717, 1.165) is 23.8 Å². The minimum absolute atomic E-state index is 0.119. The number of likely N-dealkylation sites (N-methyl/N-ethyl adjacent to an activating group) is 1. The molecule has 15 heteroatoms. The van der Waals surface area contributed by atoms with Crippen molar-refractivity contribution in [3.8, 4) is 0 Å². The molecule has 2 N–H and O–H groups in total. The predicted octanol–water partition coefficient (Wildman–Crippen LogP) is 3.17. The first kappa shape index (κ1) is 42.9. The first-order valence-corrected chi connectivity index (χ1v) is 16.2. The first-order valence-electron chi connectivity index (χ1n) is 16.2. The van der Waals surface area contributed by atoms with Gasteiger partial charge in [0.15, 0.2) is 25.0 Å². The van der Waals surface area contributed by atoms with Crippen LogP contribution < -0.4 is 5.32 Å². The molecule has 1 aromatic heterocycles. The fraction of sp³-hybridized carbons (Fsp3) is 0.405. The van der Waals surface area contributed by atoms with Crippen molar-refractivity contribution in [1.82, 2.24) is 20.3 Å². The van der Waals surface area contributed by atoms with Crippen LogP contribution in [-0.2, 0) is 49.3 Å². The van der Waals surface area contributed by atoms with E-state index < -0.39 is 53.6 Å². The van der Waals surface area contributed by atoms with Crippen LogP contribution in [0.5, 0.6) is 0 Å². The van der Waals surface area contributed by atoms with E-state index >= 15 is 0 Å². The van der Waals surface area contributed by atoms with Crippen molar-refractivity contribution >= 4 is 29.5 Å². The molecule has 1 aromatic rings. The monoisotopic (exact) mass is 724 g/mol. The van der Waals surface area contributed by atoms with Gasteiger partial charge in [0.05, 0.1) is 19.4 Å². The maximum atomic E-state index is 13.5. The number of allylic oxidation sites excluding steroid dienone is 12. The minimum Gasteiger partial charge on any atom is -0.467 e. The summed E-state index contributed by atoms with van der Waals surface area (Å²) < 4.78 is 25.7. The van der Waals surface area contributed by atoms with Gasteiger partial charge in [-0.1, -0.05) is 72.9 Å². The predicted molar refractivity (Wildman–Crippen MR) is 189 cm³/mol. The lowest BCUT2D eigenvalue weighted by molar-refractivity contribution is -0.246. The molecule has 3 unspecified atom stereocenters. The number of Topliss-reactive ketones (excluding diaryl/α,β-unsaturated/α-hetero) is 1. The van der Waals surface area contributed by atoms with Gasteiger partial charge in [-0.25, -0.2) is 9.78 Å². The number of aromatic nitrogens is 1. The van der Waals surface area contributed by atoms with Crippen LogP contribution in [0.4, 0.5) is 0 Å². The molecule has 0 aromatic carbocycles. The van der Waals surface area contributed by atoms with Gasteiger partial charge in [-0.2, -0.15) is 5.06 Å². The highest BCUT2D eigenvalue weighted by Gasteiger charge is 2.54. The lowest BCUT2D eigenvalue weighted by Crippen LogP contribution is -2.64. The summed E-state index contributed by atoms with van der Waals surface area (Å²) in [4.78, 5) is 69.1. The summed E-state index contributed by atoms with van der Waals surface area (Å²) >= 11 is 0. The molecule has 0 spiro atoms. The van der Waals surface area contributed by atoms with E-state index in [1.165, 1.54) is 32.7 Å². The Labute approximate surface area is 303 Å². The van der Waals surface area contributed by atoms with Gasteiger partial charge in [-0.3, -0.25) is 24.4 Å². The molecule has 0 aliphatic carbocycles. The summed E-state index contributed by atoms with van der Waals surface area (Å²) in [6.07, 6.45) is 23.9. The number of nitrogens with one attached hydrogen (secondary N) is 1. The number of ketones is 1. The average molecular weight is 725 g/mol. The number of hydroxylamine groups is 2. The van der Waals surface area contributed by atoms with E-state index in [9.17, 15) is 29.2 Å². The molecule has 1 aliphatic rings. The van der Waals surface area contributed by atoms with Crippen molar-refractivity contribution in [1.29, 1.82) is 0 Å². The van der Waals surface area contributed by atoms with Gasteiger partial charge in [0, 0.05) is 33.2 Å². The second kappa shape index (κ2) is 21.2. The molecule has 2 heterocycles. The average Bonchev–Trinajstić information content (AvgIpc) is 3.86.